The second-order valence-corrected chi connectivity index (χ2v) is 6.70. The number of urea groups is 1. The molecule has 4 rings (SSSR count). The van der Waals surface area contributed by atoms with Crippen LogP contribution in [-0.4, -0.2) is 30.6 Å². The van der Waals surface area contributed by atoms with E-state index in [1.165, 1.54) is 6.07 Å². The number of hydrogen-bond donors (Lipinski definition) is 1. The molecule has 148 valence electrons. The second kappa shape index (κ2) is 8.75. The van der Waals surface area contributed by atoms with Crippen molar-refractivity contribution in [2.24, 2.45) is 0 Å². The lowest BCUT2D eigenvalue weighted by Gasteiger charge is -2.33. The molecule has 0 aromatic heterocycles. The van der Waals surface area contributed by atoms with Crippen LogP contribution < -0.4 is 10.1 Å². The summed E-state index contributed by atoms with van der Waals surface area (Å²) in [4.78, 5) is 14.4. The fourth-order valence-corrected chi connectivity index (χ4v) is 3.22. The van der Waals surface area contributed by atoms with E-state index in [9.17, 15) is 9.18 Å². The van der Waals surface area contributed by atoms with Crippen LogP contribution in [-0.2, 0) is 4.74 Å². The first-order chi connectivity index (χ1) is 14.2. The van der Waals surface area contributed by atoms with Gasteiger partial charge in [0.1, 0.15) is 23.4 Å². The maximum atomic E-state index is 14.1. The smallest absolute Gasteiger partial charge is 0.322 e. The average Bonchev–Trinajstić information content (AvgIpc) is 2.75. The Labute approximate surface area is 168 Å². The Hall–Kier alpha value is -3.38. The van der Waals surface area contributed by atoms with Gasteiger partial charge in [0.2, 0.25) is 0 Å². The highest BCUT2D eigenvalue weighted by atomic mass is 19.1. The van der Waals surface area contributed by atoms with Gasteiger partial charge in [0.05, 0.1) is 13.2 Å². The summed E-state index contributed by atoms with van der Waals surface area (Å²) in [6.07, 6.45) is -0.483. The fourth-order valence-electron chi connectivity index (χ4n) is 3.22. The molecule has 0 spiro atoms. The lowest BCUT2D eigenvalue weighted by atomic mass is 10.1. The predicted molar refractivity (Wildman–Crippen MR) is 109 cm³/mol. The number of carbonyl (C=O) groups is 1. The van der Waals surface area contributed by atoms with Crippen LogP contribution in [0.2, 0.25) is 0 Å². The highest BCUT2D eigenvalue weighted by Crippen LogP contribution is 2.26. The van der Waals surface area contributed by atoms with E-state index in [0.29, 0.717) is 30.2 Å². The Bertz CT molecular complexity index is 981. The molecule has 1 atom stereocenters. The number of rotatable bonds is 4. The molecular formula is C23H21FN2O3. The zero-order valence-corrected chi connectivity index (χ0v) is 15.8. The van der Waals surface area contributed by atoms with E-state index in [0.717, 1.165) is 5.75 Å². The second-order valence-electron chi connectivity index (χ2n) is 6.70. The third-order valence-electron chi connectivity index (χ3n) is 4.67. The largest absolute Gasteiger partial charge is 0.457 e. The number of ether oxygens (including phenoxy) is 2. The average molecular weight is 392 g/mol. The number of nitrogens with one attached hydrogen (secondary N) is 1. The Morgan fingerprint density at radius 3 is 2.59 bits per heavy atom. The number of halogens is 1. The topological polar surface area (TPSA) is 50.8 Å². The number of nitrogens with zero attached hydrogens (tertiary/aromatic N) is 1. The summed E-state index contributed by atoms with van der Waals surface area (Å²) in [6, 6.07) is 22.9. The van der Waals surface area contributed by atoms with Crippen LogP contribution >= 0.6 is 0 Å². The van der Waals surface area contributed by atoms with Crippen LogP contribution in [0.5, 0.6) is 11.5 Å². The van der Waals surface area contributed by atoms with Gasteiger partial charge in [0.25, 0.3) is 0 Å². The van der Waals surface area contributed by atoms with Gasteiger partial charge in [-0.15, -0.1) is 0 Å². The minimum Gasteiger partial charge on any atom is -0.457 e. The van der Waals surface area contributed by atoms with Gasteiger partial charge >= 0.3 is 6.03 Å². The molecule has 5 nitrogen and oxygen atoms in total. The van der Waals surface area contributed by atoms with Crippen LogP contribution in [0, 0.1) is 5.82 Å². The van der Waals surface area contributed by atoms with Crippen LogP contribution in [0.3, 0.4) is 0 Å². The summed E-state index contributed by atoms with van der Waals surface area (Å²) < 4.78 is 25.5. The van der Waals surface area contributed by atoms with E-state index < -0.39 is 6.10 Å². The highest BCUT2D eigenvalue weighted by Gasteiger charge is 2.27. The molecule has 1 N–H and O–H groups in total. The molecule has 0 unspecified atom stereocenters. The number of benzene rings is 3. The molecule has 3 aromatic carbocycles. The number of hydrogen-bond acceptors (Lipinski definition) is 3. The van der Waals surface area contributed by atoms with Gasteiger partial charge < -0.3 is 19.7 Å². The normalized spacial score (nSPS) is 16.3. The van der Waals surface area contributed by atoms with Crippen molar-refractivity contribution in [1.82, 2.24) is 4.90 Å². The quantitative estimate of drug-likeness (QED) is 0.662. The van der Waals surface area contributed by atoms with Gasteiger partial charge in [-0.25, -0.2) is 9.18 Å². The molecule has 0 saturated carbocycles. The molecule has 1 heterocycles. The van der Waals surface area contributed by atoms with Crippen LogP contribution in [0.15, 0.2) is 78.9 Å². The minimum atomic E-state index is -0.483. The lowest BCUT2D eigenvalue weighted by Crippen LogP contribution is -2.44. The molecule has 2 amide bonds. The third-order valence-corrected chi connectivity index (χ3v) is 4.67. The summed E-state index contributed by atoms with van der Waals surface area (Å²) in [5.74, 6) is 1.02. The molecular weight excluding hydrogens is 371 g/mol. The molecule has 0 radical (unpaired) electrons. The molecule has 1 fully saturated rings. The molecule has 0 aliphatic carbocycles. The van der Waals surface area contributed by atoms with E-state index >= 15 is 0 Å². The van der Waals surface area contributed by atoms with Gasteiger partial charge in [-0.2, -0.15) is 0 Å². The summed E-state index contributed by atoms with van der Waals surface area (Å²) in [5, 5.41) is 2.88. The van der Waals surface area contributed by atoms with E-state index in [-0.39, 0.29) is 18.4 Å². The number of morpholine rings is 1. The Morgan fingerprint density at radius 2 is 1.76 bits per heavy atom. The van der Waals surface area contributed by atoms with Crippen molar-refractivity contribution in [3.8, 4) is 11.5 Å². The number of amides is 2. The Kier molecular flexibility index (Phi) is 5.72. The van der Waals surface area contributed by atoms with Gasteiger partial charge in [-0.05, 0) is 30.3 Å². The summed E-state index contributed by atoms with van der Waals surface area (Å²) in [7, 11) is 0. The highest BCUT2D eigenvalue weighted by molar-refractivity contribution is 5.89. The van der Waals surface area contributed by atoms with Gasteiger partial charge in [-0.3, -0.25) is 0 Å². The molecule has 29 heavy (non-hydrogen) atoms. The monoisotopic (exact) mass is 392 g/mol. The minimum absolute atomic E-state index is 0.258. The standard InChI is InChI=1S/C23H21FN2O3/c24-21-12-5-4-11-20(21)22-16-26(13-14-28-22)23(27)25-17-7-6-10-19(15-17)29-18-8-2-1-3-9-18/h1-12,15,22H,13-14,16H2,(H,25,27)/t22-/m1/s1. The molecule has 1 saturated heterocycles. The van der Waals surface area contributed by atoms with Crippen molar-refractivity contribution >= 4 is 11.7 Å². The molecule has 1 aliphatic heterocycles. The molecule has 0 bridgehead atoms. The van der Waals surface area contributed by atoms with E-state index in [1.54, 1.807) is 35.2 Å². The SMILES string of the molecule is O=C(Nc1cccc(Oc2ccccc2)c1)N1CCO[C@@H](c2ccccc2F)C1. The van der Waals surface area contributed by atoms with Gasteiger partial charge in [-0.1, -0.05) is 42.5 Å². The Morgan fingerprint density at radius 1 is 1.00 bits per heavy atom. The number of para-hydroxylation sites is 1. The third kappa shape index (κ3) is 4.73. The van der Waals surface area contributed by atoms with Crippen molar-refractivity contribution in [3.05, 3.63) is 90.2 Å². The molecule has 3 aromatic rings. The number of anilines is 1. The van der Waals surface area contributed by atoms with Crippen LogP contribution in [0.4, 0.5) is 14.9 Å². The van der Waals surface area contributed by atoms with E-state index in [4.69, 9.17) is 9.47 Å². The Balaban J connectivity index is 1.41. The maximum absolute atomic E-state index is 14.1. The van der Waals surface area contributed by atoms with Crippen molar-refractivity contribution in [1.29, 1.82) is 0 Å². The van der Waals surface area contributed by atoms with Crippen molar-refractivity contribution < 1.29 is 18.7 Å². The lowest BCUT2D eigenvalue weighted by molar-refractivity contribution is -0.0152. The van der Waals surface area contributed by atoms with Gasteiger partial charge in [0, 0.05) is 23.9 Å². The first-order valence-corrected chi connectivity index (χ1v) is 9.44. The zero-order valence-electron chi connectivity index (χ0n) is 15.8. The van der Waals surface area contributed by atoms with Crippen molar-refractivity contribution in [2.45, 2.75) is 6.10 Å². The zero-order chi connectivity index (χ0) is 20.1. The first-order valence-electron chi connectivity index (χ1n) is 9.44. The number of carbonyl (C=O) groups excluding carboxylic acids is 1. The fraction of sp³-hybridized carbons (Fsp3) is 0.174. The molecule has 6 heteroatoms. The van der Waals surface area contributed by atoms with E-state index in [2.05, 4.69) is 5.32 Å². The van der Waals surface area contributed by atoms with Crippen LogP contribution in [0.25, 0.3) is 0 Å². The van der Waals surface area contributed by atoms with Gasteiger partial charge in [0.15, 0.2) is 0 Å². The maximum Gasteiger partial charge on any atom is 0.322 e. The van der Waals surface area contributed by atoms with Crippen molar-refractivity contribution in [2.75, 3.05) is 25.0 Å². The summed E-state index contributed by atoms with van der Waals surface area (Å²) in [5.41, 5.74) is 1.08. The molecule has 1 aliphatic rings. The van der Waals surface area contributed by atoms with E-state index in [1.807, 2.05) is 42.5 Å². The van der Waals surface area contributed by atoms with Crippen LogP contribution in [0.1, 0.15) is 11.7 Å². The predicted octanol–water partition coefficient (Wildman–Crippen LogP) is 5.22. The van der Waals surface area contributed by atoms with Crippen molar-refractivity contribution in [3.63, 3.8) is 0 Å². The summed E-state index contributed by atoms with van der Waals surface area (Å²) in [6.45, 7) is 1.08. The first kappa shape index (κ1) is 19.0. The summed E-state index contributed by atoms with van der Waals surface area (Å²) >= 11 is 0.